The second kappa shape index (κ2) is 7.08. The fraction of sp³-hybridized carbons (Fsp3) is 0.333. The van der Waals surface area contributed by atoms with Crippen LogP contribution in [0.15, 0.2) is 48.4 Å². The van der Waals surface area contributed by atoms with Crippen molar-refractivity contribution in [3.63, 3.8) is 0 Å². The van der Waals surface area contributed by atoms with Crippen molar-refractivity contribution in [2.75, 3.05) is 6.54 Å². The number of rotatable bonds is 5. The van der Waals surface area contributed by atoms with Gasteiger partial charge in [0.15, 0.2) is 0 Å². The summed E-state index contributed by atoms with van der Waals surface area (Å²) in [6.45, 7) is 4.03. The number of hydrogen-bond acceptors (Lipinski definition) is 3. The van der Waals surface area contributed by atoms with E-state index >= 15 is 0 Å². The van der Waals surface area contributed by atoms with Crippen molar-refractivity contribution < 1.29 is 9.59 Å². The third-order valence-electron chi connectivity index (χ3n) is 5.38. The molecule has 26 heavy (non-hydrogen) atoms. The van der Waals surface area contributed by atoms with Crippen molar-refractivity contribution in [1.29, 1.82) is 0 Å². The quantitative estimate of drug-likeness (QED) is 0.861. The Morgan fingerprint density at radius 2 is 1.92 bits per heavy atom. The molecule has 134 valence electrons. The molecule has 4 nitrogen and oxygen atoms in total. The summed E-state index contributed by atoms with van der Waals surface area (Å²) >= 11 is 1.68. The summed E-state index contributed by atoms with van der Waals surface area (Å²) in [6.07, 6.45) is 4.73. The zero-order chi connectivity index (χ0) is 18.1. The van der Waals surface area contributed by atoms with Gasteiger partial charge in [-0.3, -0.25) is 14.5 Å². The first kappa shape index (κ1) is 17.0. The summed E-state index contributed by atoms with van der Waals surface area (Å²) in [5.41, 5.74) is 2.04. The van der Waals surface area contributed by atoms with Crippen LogP contribution in [0.5, 0.6) is 0 Å². The van der Waals surface area contributed by atoms with Crippen molar-refractivity contribution in [2.24, 2.45) is 5.92 Å². The smallest absolute Gasteiger partial charge is 0.259 e. The van der Waals surface area contributed by atoms with E-state index in [9.17, 15) is 9.59 Å². The predicted octanol–water partition coefficient (Wildman–Crippen LogP) is 4.22. The van der Waals surface area contributed by atoms with Gasteiger partial charge in [-0.15, -0.1) is 11.3 Å². The van der Waals surface area contributed by atoms with E-state index in [0.29, 0.717) is 17.2 Å². The highest BCUT2D eigenvalue weighted by molar-refractivity contribution is 7.10. The summed E-state index contributed by atoms with van der Waals surface area (Å²) in [7, 11) is 0. The second-order valence-corrected chi connectivity index (χ2v) is 7.97. The van der Waals surface area contributed by atoms with Crippen molar-refractivity contribution in [2.45, 2.75) is 31.7 Å². The molecule has 1 fully saturated rings. The van der Waals surface area contributed by atoms with Crippen LogP contribution in [0, 0.1) is 5.92 Å². The normalized spacial score (nSPS) is 18.2. The van der Waals surface area contributed by atoms with Gasteiger partial charge in [0, 0.05) is 21.7 Å². The molecule has 0 unspecified atom stereocenters. The van der Waals surface area contributed by atoms with Crippen molar-refractivity contribution >= 4 is 28.8 Å². The van der Waals surface area contributed by atoms with Gasteiger partial charge >= 0.3 is 0 Å². The molecule has 2 aromatic rings. The average Bonchev–Trinajstić information content (AvgIpc) is 3.40. The fourth-order valence-electron chi connectivity index (χ4n) is 4.04. The van der Waals surface area contributed by atoms with Gasteiger partial charge in [-0.05, 0) is 36.3 Å². The minimum absolute atomic E-state index is 0.0148. The van der Waals surface area contributed by atoms with E-state index in [0.717, 1.165) is 18.4 Å². The lowest BCUT2D eigenvalue weighted by Crippen LogP contribution is -2.40. The molecule has 2 amide bonds. The Morgan fingerprint density at radius 3 is 2.58 bits per heavy atom. The number of hydrogen-bond donors (Lipinski definition) is 1. The van der Waals surface area contributed by atoms with Gasteiger partial charge in [0.05, 0.1) is 6.04 Å². The summed E-state index contributed by atoms with van der Waals surface area (Å²) in [4.78, 5) is 28.0. The first-order chi connectivity index (χ1) is 12.6. The lowest BCUT2D eigenvalue weighted by Gasteiger charge is -2.25. The number of carbonyl (C=O) groups is 2. The molecule has 4 rings (SSSR count). The highest BCUT2D eigenvalue weighted by Gasteiger charge is 2.33. The Bertz CT molecular complexity index is 802. The molecule has 1 aliphatic carbocycles. The summed E-state index contributed by atoms with van der Waals surface area (Å²) in [5.74, 6) is 0.208. The van der Waals surface area contributed by atoms with E-state index in [1.807, 2.05) is 29.6 Å². The van der Waals surface area contributed by atoms with Crippen LogP contribution in [0.4, 0.5) is 0 Å². The molecule has 2 aliphatic rings. The third kappa shape index (κ3) is 3.07. The molecule has 1 atom stereocenters. The molecular formula is C21H22N2O2S. The van der Waals surface area contributed by atoms with Gasteiger partial charge in [-0.1, -0.05) is 43.7 Å². The topological polar surface area (TPSA) is 49.4 Å². The summed E-state index contributed by atoms with van der Waals surface area (Å²) in [6, 6.07) is 11.5. The summed E-state index contributed by atoms with van der Waals surface area (Å²) in [5, 5.41) is 5.24. The van der Waals surface area contributed by atoms with Crippen LogP contribution < -0.4 is 5.32 Å². The monoisotopic (exact) mass is 366 g/mol. The maximum Gasteiger partial charge on any atom is 0.259 e. The molecule has 1 aliphatic heterocycles. The molecule has 0 radical (unpaired) electrons. The molecule has 1 saturated carbocycles. The van der Waals surface area contributed by atoms with Gasteiger partial charge in [0.1, 0.15) is 6.54 Å². The Labute approximate surface area is 157 Å². The van der Waals surface area contributed by atoms with Gasteiger partial charge < -0.3 is 5.32 Å². The van der Waals surface area contributed by atoms with Gasteiger partial charge in [0.2, 0.25) is 5.91 Å². The number of thiophene rings is 1. The Hall–Kier alpha value is -2.40. The van der Waals surface area contributed by atoms with E-state index in [4.69, 9.17) is 0 Å². The zero-order valence-electron chi connectivity index (χ0n) is 14.6. The third-order valence-corrected chi connectivity index (χ3v) is 6.33. The Balaban J connectivity index is 1.48. The Kier molecular flexibility index (Phi) is 4.64. The highest BCUT2D eigenvalue weighted by Crippen LogP contribution is 2.37. The zero-order valence-corrected chi connectivity index (χ0v) is 15.4. The maximum atomic E-state index is 12.8. The van der Waals surface area contributed by atoms with Crippen LogP contribution in [0.2, 0.25) is 0 Å². The summed E-state index contributed by atoms with van der Waals surface area (Å²) < 4.78 is 0. The molecule has 0 bridgehead atoms. The van der Waals surface area contributed by atoms with E-state index < -0.39 is 0 Å². The van der Waals surface area contributed by atoms with E-state index in [2.05, 4.69) is 18.0 Å². The number of fused-ring (bicyclic) bond motifs is 1. The van der Waals surface area contributed by atoms with E-state index in [1.165, 1.54) is 22.6 Å². The minimum Gasteiger partial charge on any atom is -0.347 e. The molecule has 1 aromatic heterocycles. The van der Waals surface area contributed by atoms with Crippen LogP contribution in [0.1, 0.15) is 52.5 Å². The lowest BCUT2D eigenvalue weighted by molar-refractivity contribution is -0.122. The number of amides is 2. The van der Waals surface area contributed by atoms with Crippen LogP contribution in [-0.2, 0) is 4.79 Å². The van der Waals surface area contributed by atoms with Crippen LogP contribution >= 0.6 is 11.3 Å². The average molecular weight is 366 g/mol. The number of nitrogens with one attached hydrogen (secondary N) is 1. The molecule has 0 saturated heterocycles. The van der Waals surface area contributed by atoms with Crippen molar-refractivity contribution in [1.82, 2.24) is 10.2 Å². The van der Waals surface area contributed by atoms with Crippen molar-refractivity contribution in [3.8, 4) is 0 Å². The first-order valence-corrected chi connectivity index (χ1v) is 9.96. The molecule has 0 spiro atoms. The van der Waals surface area contributed by atoms with Gasteiger partial charge in [-0.2, -0.15) is 0 Å². The molecule has 1 aromatic carbocycles. The predicted molar refractivity (Wildman–Crippen MR) is 104 cm³/mol. The largest absolute Gasteiger partial charge is 0.347 e. The molecular weight excluding hydrogens is 344 g/mol. The number of benzene rings is 1. The van der Waals surface area contributed by atoms with E-state index in [-0.39, 0.29) is 24.4 Å². The lowest BCUT2D eigenvalue weighted by atomic mass is 9.96. The SMILES string of the molecule is C=C1c2ccccc2C(=O)N1CC(=O)N[C@@H](c1cccs1)C1CCCC1. The second-order valence-electron chi connectivity index (χ2n) is 6.99. The van der Waals surface area contributed by atoms with Crippen LogP contribution in [0.25, 0.3) is 5.70 Å². The molecule has 5 heteroatoms. The van der Waals surface area contributed by atoms with Crippen LogP contribution in [0.3, 0.4) is 0 Å². The maximum absolute atomic E-state index is 12.8. The molecule has 2 heterocycles. The van der Waals surface area contributed by atoms with Crippen LogP contribution in [-0.4, -0.2) is 23.3 Å². The minimum atomic E-state index is -0.144. The van der Waals surface area contributed by atoms with Gasteiger partial charge in [-0.25, -0.2) is 0 Å². The number of nitrogens with zero attached hydrogens (tertiary/aromatic N) is 1. The number of carbonyl (C=O) groups excluding carboxylic acids is 2. The molecule has 1 N–H and O–H groups in total. The van der Waals surface area contributed by atoms with Gasteiger partial charge in [0.25, 0.3) is 5.91 Å². The highest BCUT2D eigenvalue weighted by atomic mass is 32.1. The standard InChI is InChI=1S/C21H22N2O2S/c1-14-16-9-4-5-10-17(16)21(25)23(14)13-19(24)22-20(15-7-2-3-8-15)18-11-6-12-26-18/h4-6,9-12,15,20H,1-3,7-8,13H2,(H,22,24)/t20-/m1/s1. The fourth-order valence-corrected chi connectivity index (χ4v) is 4.91. The first-order valence-electron chi connectivity index (χ1n) is 9.08. The Morgan fingerprint density at radius 1 is 1.19 bits per heavy atom. The van der Waals surface area contributed by atoms with E-state index in [1.54, 1.807) is 17.4 Å². The van der Waals surface area contributed by atoms with Crippen molar-refractivity contribution in [3.05, 3.63) is 64.4 Å².